The van der Waals surface area contributed by atoms with Crippen molar-refractivity contribution in [3.05, 3.63) is 151 Å². The highest BCUT2D eigenvalue weighted by Gasteiger charge is 2.15. The lowest BCUT2D eigenvalue weighted by Crippen LogP contribution is -1.97. The first-order valence-electron chi connectivity index (χ1n) is 14.9. The van der Waals surface area contributed by atoms with E-state index in [1.165, 1.54) is 0 Å². The van der Waals surface area contributed by atoms with Crippen LogP contribution >= 0.6 is 0 Å². The van der Waals surface area contributed by atoms with Crippen molar-refractivity contribution >= 4 is 21.8 Å². The van der Waals surface area contributed by atoms with E-state index in [2.05, 4.69) is 89.9 Å². The van der Waals surface area contributed by atoms with E-state index in [-0.39, 0.29) is 0 Å². The van der Waals surface area contributed by atoms with Gasteiger partial charge in [-0.25, -0.2) is 15.0 Å². The van der Waals surface area contributed by atoms with Gasteiger partial charge in [0.1, 0.15) is 5.69 Å². The topological polar surface area (TPSA) is 64.5 Å². The Bertz CT molecular complexity index is 2240. The van der Waals surface area contributed by atoms with Crippen molar-refractivity contribution in [1.29, 1.82) is 0 Å². The Morgan fingerprint density at radius 3 is 1.69 bits per heavy atom. The Morgan fingerprint density at radius 2 is 1.02 bits per heavy atom. The van der Waals surface area contributed by atoms with Gasteiger partial charge in [-0.15, -0.1) is 0 Å². The molecular weight excluding hydrogens is 550 g/mol. The van der Waals surface area contributed by atoms with E-state index in [1.54, 1.807) is 6.20 Å². The average molecular weight is 578 g/mol. The SMILES string of the molecule is Cc1ccc2ccc3c(-c4ccccc4)cc(-c4ccc(-c5cc(-c6ccccc6)nc(-c6ccccn6)n5)cc4)nc3c2n1. The minimum atomic E-state index is 0.592. The Balaban J connectivity index is 1.27. The number of benzene rings is 4. The summed E-state index contributed by atoms with van der Waals surface area (Å²) in [6.07, 6.45) is 1.77. The van der Waals surface area contributed by atoms with Crippen LogP contribution < -0.4 is 0 Å². The summed E-state index contributed by atoms with van der Waals surface area (Å²) >= 11 is 0. The Hall–Kier alpha value is -6.07. The number of aryl methyl sites for hydroxylation is 1. The molecule has 0 aliphatic rings. The zero-order chi connectivity index (χ0) is 30.2. The summed E-state index contributed by atoms with van der Waals surface area (Å²) in [4.78, 5) is 24.5. The number of aromatic nitrogens is 5. The maximum absolute atomic E-state index is 5.21. The molecule has 0 amide bonds. The fourth-order valence-corrected chi connectivity index (χ4v) is 5.75. The third-order valence-corrected chi connectivity index (χ3v) is 8.03. The van der Waals surface area contributed by atoms with Gasteiger partial charge in [0.05, 0.1) is 28.1 Å². The van der Waals surface area contributed by atoms with Gasteiger partial charge in [-0.05, 0) is 48.4 Å². The van der Waals surface area contributed by atoms with Crippen molar-refractivity contribution in [3.63, 3.8) is 0 Å². The molecule has 0 N–H and O–H groups in total. The van der Waals surface area contributed by atoms with E-state index < -0.39 is 0 Å². The second kappa shape index (κ2) is 11.2. The summed E-state index contributed by atoms with van der Waals surface area (Å²) in [6.45, 7) is 2.02. The predicted molar refractivity (Wildman–Crippen MR) is 182 cm³/mol. The van der Waals surface area contributed by atoms with Crippen LogP contribution in [0.2, 0.25) is 0 Å². The van der Waals surface area contributed by atoms with Gasteiger partial charge in [0.25, 0.3) is 0 Å². The van der Waals surface area contributed by atoms with Crippen LogP contribution in [0.25, 0.3) is 78.2 Å². The van der Waals surface area contributed by atoms with Crippen LogP contribution in [0.4, 0.5) is 0 Å². The fraction of sp³-hybridized carbons (Fsp3) is 0.0250. The molecule has 0 radical (unpaired) electrons. The lowest BCUT2D eigenvalue weighted by atomic mass is 9.96. The number of hydrogen-bond acceptors (Lipinski definition) is 5. The molecule has 0 spiro atoms. The lowest BCUT2D eigenvalue weighted by molar-refractivity contribution is 1.15. The number of rotatable bonds is 5. The smallest absolute Gasteiger partial charge is 0.179 e. The highest BCUT2D eigenvalue weighted by atomic mass is 14.9. The molecule has 0 aliphatic heterocycles. The first kappa shape index (κ1) is 26.5. The second-order valence-corrected chi connectivity index (χ2v) is 11.0. The van der Waals surface area contributed by atoms with Crippen molar-refractivity contribution < 1.29 is 0 Å². The molecule has 0 saturated carbocycles. The minimum absolute atomic E-state index is 0.592. The average Bonchev–Trinajstić information content (AvgIpc) is 3.12. The molecule has 4 aromatic carbocycles. The number of nitrogens with zero attached hydrogens (tertiary/aromatic N) is 5. The number of hydrogen-bond donors (Lipinski definition) is 0. The molecular formula is C40H27N5. The van der Waals surface area contributed by atoms with Crippen molar-refractivity contribution in [2.45, 2.75) is 6.92 Å². The summed E-state index contributed by atoms with van der Waals surface area (Å²) < 4.78 is 0. The molecule has 5 heteroatoms. The van der Waals surface area contributed by atoms with Crippen LogP contribution in [0, 0.1) is 6.92 Å². The van der Waals surface area contributed by atoms with Gasteiger partial charge in [0, 0.05) is 39.4 Å². The summed E-state index contributed by atoms with van der Waals surface area (Å²) in [5.74, 6) is 0.592. The summed E-state index contributed by atoms with van der Waals surface area (Å²) in [6, 6.07) is 47.6. The molecule has 8 aromatic rings. The van der Waals surface area contributed by atoms with Crippen molar-refractivity contribution in [2.24, 2.45) is 0 Å². The number of pyridine rings is 3. The van der Waals surface area contributed by atoms with Crippen LogP contribution in [0.3, 0.4) is 0 Å². The molecule has 0 bridgehead atoms. The molecule has 4 aromatic heterocycles. The lowest BCUT2D eigenvalue weighted by Gasteiger charge is -2.13. The van der Waals surface area contributed by atoms with E-state index in [0.717, 1.165) is 78.1 Å². The minimum Gasteiger partial charge on any atom is -0.253 e. The van der Waals surface area contributed by atoms with E-state index in [0.29, 0.717) is 5.82 Å². The highest BCUT2D eigenvalue weighted by molar-refractivity contribution is 6.09. The van der Waals surface area contributed by atoms with Crippen molar-refractivity contribution in [2.75, 3.05) is 0 Å². The van der Waals surface area contributed by atoms with Crippen molar-refractivity contribution in [1.82, 2.24) is 24.9 Å². The van der Waals surface area contributed by atoms with Crippen LogP contribution in [-0.4, -0.2) is 24.9 Å². The van der Waals surface area contributed by atoms with Crippen molar-refractivity contribution in [3.8, 4) is 56.4 Å². The quantitative estimate of drug-likeness (QED) is 0.191. The molecule has 0 fully saturated rings. The number of fused-ring (bicyclic) bond motifs is 3. The molecule has 45 heavy (non-hydrogen) atoms. The zero-order valence-corrected chi connectivity index (χ0v) is 24.6. The zero-order valence-electron chi connectivity index (χ0n) is 24.6. The Kier molecular flexibility index (Phi) is 6.61. The van der Waals surface area contributed by atoms with Gasteiger partial charge in [-0.3, -0.25) is 9.97 Å². The Morgan fingerprint density at radius 1 is 0.422 bits per heavy atom. The maximum Gasteiger partial charge on any atom is 0.179 e. The summed E-state index contributed by atoms with van der Waals surface area (Å²) in [5.41, 5.74) is 11.4. The van der Waals surface area contributed by atoms with Gasteiger partial charge in [-0.2, -0.15) is 0 Å². The monoisotopic (exact) mass is 577 g/mol. The van der Waals surface area contributed by atoms with Gasteiger partial charge < -0.3 is 0 Å². The first-order chi connectivity index (χ1) is 22.2. The molecule has 0 saturated heterocycles. The van der Waals surface area contributed by atoms with Gasteiger partial charge in [0.15, 0.2) is 5.82 Å². The molecule has 0 aliphatic carbocycles. The van der Waals surface area contributed by atoms with E-state index >= 15 is 0 Å². The molecule has 0 unspecified atom stereocenters. The predicted octanol–water partition coefficient (Wildman–Crippen LogP) is 9.61. The summed E-state index contributed by atoms with van der Waals surface area (Å²) in [7, 11) is 0. The highest BCUT2D eigenvalue weighted by Crippen LogP contribution is 2.36. The normalized spacial score (nSPS) is 11.2. The van der Waals surface area contributed by atoms with E-state index in [4.69, 9.17) is 19.9 Å². The summed E-state index contributed by atoms with van der Waals surface area (Å²) in [5, 5.41) is 2.16. The first-order valence-corrected chi connectivity index (χ1v) is 14.9. The molecule has 5 nitrogen and oxygen atoms in total. The second-order valence-electron chi connectivity index (χ2n) is 11.0. The molecule has 0 atom stereocenters. The fourth-order valence-electron chi connectivity index (χ4n) is 5.75. The van der Waals surface area contributed by atoms with Crippen LogP contribution in [0.1, 0.15) is 5.69 Å². The third kappa shape index (κ3) is 5.11. The van der Waals surface area contributed by atoms with Crippen LogP contribution in [-0.2, 0) is 0 Å². The molecule has 212 valence electrons. The van der Waals surface area contributed by atoms with Gasteiger partial charge >= 0.3 is 0 Å². The van der Waals surface area contributed by atoms with Gasteiger partial charge in [-0.1, -0.05) is 109 Å². The molecule has 4 heterocycles. The van der Waals surface area contributed by atoms with E-state index in [1.807, 2.05) is 61.5 Å². The van der Waals surface area contributed by atoms with Crippen LogP contribution in [0.15, 0.2) is 146 Å². The largest absolute Gasteiger partial charge is 0.253 e. The van der Waals surface area contributed by atoms with Crippen LogP contribution in [0.5, 0.6) is 0 Å². The third-order valence-electron chi connectivity index (χ3n) is 8.03. The molecule has 8 rings (SSSR count). The Labute approximate surface area is 261 Å². The van der Waals surface area contributed by atoms with Gasteiger partial charge in [0.2, 0.25) is 0 Å². The standard InChI is InChI=1S/C40H27N5/c1-26-15-16-31-21-22-32-33(27-10-4-2-5-11-27)24-35(43-39(32)38(31)42-26)29-17-19-30(20-18-29)37-25-36(28-12-6-3-7-13-28)44-40(45-37)34-14-8-9-23-41-34/h2-25H,1H3. The van der Waals surface area contributed by atoms with E-state index in [9.17, 15) is 0 Å². The maximum atomic E-state index is 5.21.